The fourth-order valence-electron chi connectivity index (χ4n) is 1.34. The minimum Gasteiger partial charge on any atom is -0.481 e. The summed E-state index contributed by atoms with van der Waals surface area (Å²) in [6.45, 7) is 1.17. The molecule has 1 aromatic heterocycles. The van der Waals surface area contributed by atoms with Crippen molar-refractivity contribution in [2.24, 2.45) is 0 Å². The van der Waals surface area contributed by atoms with Crippen molar-refractivity contribution < 1.29 is 19.4 Å². The number of methoxy groups -OCH3 is 1. The van der Waals surface area contributed by atoms with Gasteiger partial charge in [0.2, 0.25) is 11.9 Å². The van der Waals surface area contributed by atoms with E-state index >= 15 is 0 Å². The molecule has 0 aliphatic carbocycles. The van der Waals surface area contributed by atoms with Gasteiger partial charge in [0.05, 0.1) is 12.4 Å². The third-order valence-corrected chi connectivity index (χ3v) is 3.21. The number of nitrogens with zero attached hydrogens (tertiary/aromatic N) is 3. The van der Waals surface area contributed by atoms with Gasteiger partial charge in [-0.1, -0.05) is 11.8 Å². The number of aromatic nitrogens is 3. The Morgan fingerprint density at radius 3 is 2.90 bits per heavy atom. The van der Waals surface area contributed by atoms with Gasteiger partial charge in [-0.3, -0.25) is 14.2 Å². The third-order valence-electron chi connectivity index (χ3n) is 2.26. The van der Waals surface area contributed by atoms with Crippen molar-refractivity contribution in [3.63, 3.8) is 0 Å². The molecule has 0 saturated heterocycles. The average molecular weight is 303 g/mol. The molecule has 9 nitrogen and oxygen atoms in total. The number of amides is 1. The first kappa shape index (κ1) is 16.2. The first-order chi connectivity index (χ1) is 9.54. The number of carbonyl (C=O) groups is 2. The van der Waals surface area contributed by atoms with Crippen LogP contribution in [0.25, 0.3) is 0 Å². The standard InChI is InChI=1S/C10H17N5O4S/c1-19-5-3-12-7(16)2-4-15-9(11)13-14-10(15)20-6-8(17)18/h2-6H2,1H3,(H2,11,13)(H,12,16)(H,17,18). The van der Waals surface area contributed by atoms with Crippen LogP contribution in [0.4, 0.5) is 5.95 Å². The second-order valence-corrected chi connectivity index (χ2v) is 4.71. The Morgan fingerprint density at radius 1 is 1.50 bits per heavy atom. The Balaban J connectivity index is 2.48. The summed E-state index contributed by atoms with van der Waals surface area (Å²) in [5, 5.41) is 19.1. The quantitative estimate of drug-likeness (QED) is 0.398. The maximum Gasteiger partial charge on any atom is 0.313 e. The number of carboxylic acids is 1. The molecule has 1 rings (SSSR count). The summed E-state index contributed by atoms with van der Waals surface area (Å²) in [6, 6.07) is 0. The Bertz CT molecular complexity index is 465. The van der Waals surface area contributed by atoms with Crippen LogP contribution in [0.1, 0.15) is 6.42 Å². The summed E-state index contributed by atoms with van der Waals surface area (Å²) in [7, 11) is 1.55. The van der Waals surface area contributed by atoms with E-state index in [1.54, 1.807) is 7.11 Å². The van der Waals surface area contributed by atoms with Crippen molar-refractivity contribution >= 4 is 29.6 Å². The van der Waals surface area contributed by atoms with Gasteiger partial charge in [-0.25, -0.2) is 0 Å². The number of thioether (sulfide) groups is 1. The number of carboxylic acid groups (broad SMARTS) is 1. The molecule has 0 unspecified atom stereocenters. The maximum absolute atomic E-state index is 11.5. The summed E-state index contributed by atoms with van der Waals surface area (Å²) in [5.74, 6) is -1.09. The van der Waals surface area contributed by atoms with Crippen LogP contribution in [-0.4, -0.2) is 57.8 Å². The van der Waals surface area contributed by atoms with Crippen LogP contribution < -0.4 is 11.1 Å². The number of aliphatic carboxylic acids is 1. The van der Waals surface area contributed by atoms with E-state index in [-0.39, 0.29) is 24.0 Å². The lowest BCUT2D eigenvalue weighted by atomic mass is 10.4. The van der Waals surface area contributed by atoms with Crippen LogP contribution in [0, 0.1) is 0 Å². The molecular formula is C10H17N5O4S. The number of nitrogen functional groups attached to an aromatic ring is 1. The van der Waals surface area contributed by atoms with Gasteiger partial charge >= 0.3 is 5.97 Å². The van der Waals surface area contributed by atoms with Crippen LogP contribution in [0.5, 0.6) is 0 Å². The molecule has 1 aromatic rings. The molecule has 0 aliphatic rings. The zero-order chi connectivity index (χ0) is 15.0. The van der Waals surface area contributed by atoms with Gasteiger partial charge in [-0.2, -0.15) is 0 Å². The smallest absolute Gasteiger partial charge is 0.313 e. The highest BCUT2D eigenvalue weighted by atomic mass is 32.2. The van der Waals surface area contributed by atoms with Crippen LogP contribution in [-0.2, 0) is 20.9 Å². The fraction of sp³-hybridized carbons (Fsp3) is 0.600. The molecule has 1 heterocycles. The van der Waals surface area contributed by atoms with E-state index in [0.717, 1.165) is 11.8 Å². The zero-order valence-corrected chi connectivity index (χ0v) is 11.9. The lowest BCUT2D eigenvalue weighted by molar-refractivity contribution is -0.134. The number of ether oxygens (including phenoxy) is 1. The fourth-order valence-corrected chi connectivity index (χ4v) is 2.03. The van der Waals surface area contributed by atoms with Crippen molar-refractivity contribution in [1.82, 2.24) is 20.1 Å². The highest BCUT2D eigenvalue weighted by Crippen LogP contribution is 2.18. The van der Waals surface area contributed by atoms with Gasteiger partial charge in [-0.05, 0) is 0 Å². The highest BCUT2D eigenvalue weighted by Gasteiger charge is 2.13. The SMILES string of the molecule is COCCNC(=O)CCn1c(N)nnc1SCC(=O)O. The number of rotatable bonds is 9. The summed E-state index contributed by atoms with van der Waals surface area (Å²) < 4.78 is 6.33. The first-order valence-corrected chi connectivity index (χ1v) is 6.82. The zero-order valence-electron chi connectivity index (χ0n) is 11.0. The van der Waals surface area contributed by atoms with Crippen molar-refractivity contribution in [2.45, 2.75) is 18.1 Å². The lowest BCUT2D eigenvalue weighted by Crippen LogP contribution is -2.27. The molecule has 0 aliphatic heterocycles. The van der Waals surface area contributed by atoms with E-state index in [1.807, 2.05) is 0 Å². The molecule has 0 spiro atoms. The van der Waals surface area contributed by atoms with E-state index in [1.165, 1.54) is 4.57 Å². The normalized spacial score (nSPS) is 10.4. The number of nitrogens with two attached hydrogens (primary N) is 1. The monoisotopic (exact) mass is 303 g/mol. The van der Waals surface area contributed by atoms with Crippen LogP contribution >= 0.6 is 11.8 Å². The number of hydrogen-bond donors (Lipinski definition) is 3. The molecule has 0 atom stereocenters. The van der Waals surface area contributed by atoms with Crippen molar-refractivity contribution in [1.29, 1.82) is 0 Å². The molecule has 0 radical (unpaired) electrons. The van der Waals surface area contributed by atoms with E-state index in [2.05, 4.69) is 15.5 Å². The molecule has 0 bridgehead atoms. The van der Waals surface area contributed by atoms with Gasteiger partial charge in [0.15, 0.2) is 5.16 Å². The summed E-state index contributed by atoms with van der Waals surface area (Å²) in [5.41, 5.74) is 5.63. The summed E-state index contributed by atoms with van der Waals surface area (Å²) >= 11 is 1.01. The minimum atomic E-state index is -0.958. The minimum absolute atomic E-state index is 0.141. The van der Waals surface area contributed by atoms with E-state index in [0.29, 0.717) is 24.9 Å². The molecule has 10 heteroatoms. The van der Waals surface area contributed by atoms with Gasteiger partial charge < -0.3 is 20.9 Å². The molecule has 20 heavy (non-hydrogen) atoms. The Hall–Kier alpha value is -1.81. The Morgan fingerprint density at radius 2 is 2.25 bits per heavy atom. The average Bonchev–Trinajstić information content (AvgIpc) is 2.75. The van der Waals surface area contributed by atoms with E-state index in [4.69, 9.17) is 15.6 Å². The second kappa shape index (κ2) is 8.38. The number of nitrogens with one attached hydrogen (secondary N) is 1. The van der Waals surface area contributed by atoms with E-state index in [9.17, 15) is 9.59 Å². The lowest BCUT2D eigenvalue weighted by Gasteiger charge is -2.08. The molecule has 112 valence electrons. The van der Waals surface area contributed by atoms with Crippen molar-refractivity contribution in [2.75, 3.05) is 31.7 Å². The molecule has 0 fully saturated rings. The van der Waals surface area contributed by atoms with Crippen molar-refractivity contribution in [3.8, 4) is 0 Å². The van der Waals surface area contributed by atoms with E-state index < -0.39 is 5.97 Å². The predicted molar refractivity (Wildman–Crippen MR) is 72.3 cm³/mol. The topological polar surface area (TPSA) is 132 Å². The Labute approximate surface area is 119 Å². The van der Waals surface area contributed by atoms with Gasteiger partial charge in [0, 0.05) is 26.6 Å². The van der Waals surface area contributed by atoms with Crippen molar-refractivity contribution in [3.05, 3.63) is 0 Å². The maximum atomic E-state index is 11.5. The predicted octanol–water partition coefficient (Wildman–Crippen LogP) is -0.810. The van der Waals surface area contributed by atoms with Crippen LogP contribution in [0.15, 0.2) is 5.16 Å². The summed E-state index contributed by atoms with van der Waals surface area (Å²) in [6.07, 6.45) is 0.201. The Kier molecular flexibility index (Phi) is 6.81. The highest BCUT2D eigenvalue weighted by molar-refractivity contribution is 7.99. The molecular weight excluding hydrogens is 286 g/mol. The number of carbonyl (C=O) groups excluding carboxylic acids is 1. The van der Waals surface area contributed by atoms with Gasteiger partial charge in [-0.15, -0.1) is 10.2 Å². The molecule has 0 aromatic carbocycles. The largest absolute Gasteiger partial charge is 0.481 e. The third kappa shape index (κ3) is 5.45. The first-order valence-electron chi connectivity index (χ1n) is 5.83. The summed E-state index contributed by atoms with van der Waals surface area (Å²) in [4.78, 5) is 22.1. The molecule has 0 saturated carbocycles. The van der Waals surface area contributed by atoms with Crippen LogP contribution in [0.3, 0.4) is 0 Å². The second-order valence-electron chi connectivity index (χ2n) is 3.77. The van der Waals surface area contributed by atoms with Crippen LogP contribution in [0.2, 0.25) is 0 Å². The van der Waals surface area contributed by atoms with Gasteiger partial charge in [0.1, 0.15) is 0 Å². The number of anilines is 1. The van der Waals surface area contributed by atoms with Gasteiger partial charge in [0.25, 0.3) is 0 Å². The molecule has 4 N–H and O–H groups in total. The molecule has 1 amide bonds. The number of hydrogen-bond acceptors (Lipinski definition) is 7.